The van der Waals surface area contributed by atoms with Gasteiger partial charge in [-0.05, 0) is 13.5 Å². The van der Waals surface area contributed by atoms with Gasteiger partial charge in [0.1, 0.15) is 0 Å². The maximum Gasteiger partial charge on any atom is 0.199 e. The number of Topliss-reactive ketones (excluding diaryl/α,β-unsaturated/α-hetero) is 1. The Morgan fingerprint density at radius 2 is 2.43 bits per heavy atom. The molecule has 0 bridgehead atoms. The standard InChI is InChI=1S/C10H17N3O/c1-3-7-13-8-6-12-10(13)9(14)4-5-11-2/h6,8,11H,3-5,7H2,1-2H3. The predicted molar refractivity (Wildman–Crippen MR) is 55.4 cm³/mol. The van der Waals surface area contributed by atoms with Gasteiger partial charge in [-0.2, -0.15) is 0 Å². The Balaban J connectivity index is 2.63. The maximum absolute atomic E-state index is 11.6. The quantitative estimate of drug-likeness (QED) is 0.691. The van der Waals surface area contributed by atoms with Gasteiger partial charge in [0.15, 0.2) is 11.6 Å². The third-order valence-corrected chi connectivity index (χ3v) is 2.03. The van der Waals surface area contributed by atoms with Gasteiger partial charge in [0.25, 0.3) is 0 Å². The van der Waals surface area contributed by atoms with Crippen molar-refractivity contribution in [2.45, 2.75) is 26.3 Å². The van der Waals surface area contributed by atoms with E-state index >= 15 is 0 Å². The second kappa shape index (κ2) is 5.54. The van der Waals surface area contributed by atoms with Crippen LogP contribution in [0.2, 0.25) is 0 Å². The van der Waals surface area contributed by atoms with Crippen LogP contribution in [0.1, 0.15) is 30.4 Å². The summed E-state index contributed by atoms with van der Waals surface area (Å²) in [5.74, 6) is 0.694. The summed E-state index contributed by atoms with van der Waals surface area (Å²) >= 11 is 0. The Morgan fingerprint density at radius 3 is 3.07 bits per heavy atom. The number of ketones is 1. The highest BCUT2D eigenvalue weighted by Crippen LogP contribution is 2.02. The molecule has 0 spiro atoms. The van der Waals surface area contributed by atoms with Gasteiger partial charge in [0, 0.05) is 31.9 Å². The van der Waals surface area contributed by atoms with Crippen LogP contribution in [0.5, 0.6) is 0 Å². The third kappa shape index (κ3) is 2.67. The Hall–Kier alpha value is -1.16. The molecule has 0 aromatic carbocycles. The average molecular weight is 195 g/mol. The van der Waals surface area contributed by atoms with Gasteiger partial charge in [-0.25, -0.2) is 4.98 Å². The molecule has 0 fully saturated rings. The molecule has 4 nitrogen and oxygen atoms in total. The second-order valence-electron chi connectivity index (χ2n) is 3.22. The van der Waals surface area contributed by atoms with Crippen molar-refractivity contribution in [3.63, 3.8) is 0 Å². The molecule has 0 atom stereocenters. The topological polar surface area (TPSA) is 46.9 Å². The van der Waals surface area contributed by atoms with Crippen LogP contribution < -0.4 is 5.32 Å². The molecular formula is C10H17N3O. The number of carbonyl (C=O) groups excluding carboxylic acids is 1. The highest BCUT2D eigenvalue weighted by Gasteiger charge is 2.10. The molecule has 78 valence electrons. The van der Waals surface area contributed by atoms with Gasteiger partial charge in [-0.1, -0.05) is 6.92 Å². The first kappa shape index (κ1) is 10.9. The van der Waals surface area contributed by atoms with Gasteiger partial charge in [0.05, 0.1) is 0 Å². The molecule has 0 saturated carbocycles. The fourth-order valence-electron chi connectivity index (χ4n) is 1.33. The van der Waals surface area contributed by atoms with Gasteiger partial charge in [-0.15, -0.1) is 0 Å². The normalized spacial score (nSPS) is 10.4. The summed E-state index contributed by atoms with van der Waals surface area (Å²) in [6, 6.07) is 0. The molecule has 0 saturated heterocycles. The van der Waals surface area contributed by atoms with E-state index in [9.17, 15) is 4.79 Å². The van der Waals surface area contributed by atoms with Crippen molar-refractivity contribution in [2.75, 3.05) is 13.6 Å². The van der Waals surface area contributed by atoms with E-state index in [0.717, 1.165) is 13.0 Å². The summed E-state index contributed by atoms with van der Waals surface area (Å²) in [7, 11) is 1.84. The fourth-order valence-corrected chi connectivity index (χ4v) is 1.33. The molecule has 1 aromatic heterocycles. The first-order valence-corrected chi connectivity index (χ1v) is 4.98. The first-order chi connectivity index (χ1) is 6.79. The van der Waals surface area contributed by atoms with Gasteiger partial charge in [0.2, 0.25) is 0 Å². The molecule has 4 heteroatoms. The van der Waals surface area contributed by atoms with Crippen LogP contribution in [0.3, 0.4) is 0 Å². The SMILES string of the molecule is CCCn1ccnc1C(=O)CCNC. The van der Waals surface area contributed by atoms with Gasteiger partial charge < -0.3 is 9.88 Å². The van der Waals surface area contributed by atoms with Crippen molar-refractivity contribution in [3.8, 4) is 0 Å². The zero-order valence-electron chi connectivity index (χ0n) is 8.79. The molecule has 14 heavy (non-hydrogen) atoms. The number of nitrogens with zero attached hydrogens (tertiary/aromatic N) is 2. The largest absolute Gasteiger partial charge is 0.329 e. The van der Waals surface area contributed by atoms with Crippen LogP contribution >= 0.6 is 0 Å². The summed E-state index contributed by atoms with van der Waals surface area (Å²) in [6.45, 7) is 3.65. The lowest BCUT2D eigenvalue weighted by atomic mass is 10.2. The highest BCUT2D eigenvalue weighted by molar-refractivity contribution is 5.92. The Morgan fingerprint density at radius 1 is 1.64 bits per heavy atom. The van der Waals surface area contributed by atoms with E-state index in [-0.39, 0.29) is 5.78 Å². The molecule has 0 radical (unpaired) electrons. The molecular weight excluding hydrogens is 178 g/mol. The second-order valence-corrected chi connectivity index (χ2v) is 3.22. The molecule has 1 aromatic rings. The number of imidazole rings is 1. The lowest BCUT2D eigenvalue weighted by molar-refractivity contribution is 0.0969. The summed E-state index contributed by atoms with van der Waals surface area (Å²) in [5.41, 5.74) is 0. The van der Waals surface area contributed by atoms with Crippen molar-refractivity contribution in [2.24, 2.45) is 0 Å². The maximum atomic E-state index is 11.6. The Kier molecular flexibility index (Phi) is 4.32. The fraction of sp³-hybridized carbons (Fsp3) is 0.600. The van der Waals surface area contributed by atoms with Crippen LogP contribution in [0.25, 0.3) is 0 Å². The first-order valence-electron chi connectivity index (χ1n) is 4.98. The number of aromatic nitrogens is 2. The van der Waals surface area contributed by atoms with Crippen LogP contribution in [-0.2, 0) is 6.54 Å². The Labute approximate surface area is 84.3 Å². The minimum atomic E-state index is 0.109. The van der Waals surface area contributed by atoms with Crippen LogP contribution in [-0.4, -0.2) is 28.9 Å². The van der Waals surface area contributed by atoms with E-state index in [2.05, 4.69) is 17.2 Å². The van der Waals surface area contributed by atoms with E-state index in [1.54, 1.807) is 6.20 Å². The minimum Gasteiger partial charge on any atom is -0.329 e. The number of aryl methyl sites for hydroxylation is 1. The zero-order chi connectivity index (χ0) is 10.4. The molecule has 1 rings (SSSR count). The smallest absolute Gasteiger partial charge is 0.199 e. The molecule has 0 aliphatic carbocycles. The number of carbonyl (C=O) groups is 1. The number of hydrogen-bond donors (Lipinski definition) is 1. The molecule has 1 heterocycles. The highest BCUT2D eigenvalue weighted by atomic mass is 16.1. The van der Waals surface area contributed by atoms with Crippen molar-refractivity contribution < 1.29 is 4.79 Å². The lowest BCUT2D eigenvalue weighted by Crippen LogP contribution is -2.16. The Bertz CT molecular complexity index is 293. The molecule has 0 amide bonds. The zero-order valence-corrected chi connectivity index (χ0v) is 8.79. The van der Waals surface area contributed by atoms with Crippen molar-refractivity contribution in [1.82, 2.24) is 14.9 Å². The van der Waals surface area contributed by atoms with E-state index < -0.39 is 0 Å². The monoisotopic (exact) mass is 195 g/mol. The van der Waals surface area contributed by atoms with Gasteiger partial charge in [-0.3, -0.25) is 4.79 Å². The average Bonchev–Trinajstić information content (AvgIpc) is 2.63. The van der Waals surface area contributed by atoms with Crippen LogP contribution in [0.4, 0.5) is 0 Å². The van der Waals surface area contributed by atoms with E-state index in [0.29, 0.717) is 18.8 Å². The van der Waals surface area contributed by atoms with E-state index in [1.165, 1.54) is 0 Å². The molecule has 0 unspecified atom stereocenters. The summed E-state index contributed by atoms with van der Waals surface area (Å²) in [5, 5.41) is 2.95. The van der Waals surface area contributed by atoms with Gasteiger partial charge >= 0.3 is 0 Å². The van der Waals surface area contributed by atoms with Crippen molar-refractivity contribution >= 4 is 5.78 Å². The minimum absolute atomic E-state index is 0.109. The van der Waals surface area contributed by atoms with E-state index in [1.807, 2.05) is 17.8 Å². The van der Waals surface area contributed by atoms with Crippen molar-refractivity contribution in [1.29, 1.82) is 0 Å². The van der Waals surface area contributed by atoms with Crippen molar-refractivity contribution in [3.05, 3.63) is 18.2 Å². The predicted octanol–water partition coefficient (Wildman–Crippen LogP) is 1.09. The van der Waals surface area contributed by atoms with E-state index in [4.69, 9.17) is 0 Å². The van der Waals surface area contributed by atoms with Crippen LogP contribution in [0, 0.1) is 0 Å². The third-order valence-electron chi connectivity index (χ3n) is 2.03. The molecule has 0 aliphatic rings. The number of nitrogens with one attached hydrogen (secondary N) is 1. The van der Waals surface area contributed by atoms with Crippen LogP contribution in [0.15, 0.2) is 12.4 Å². The number of rotatable bonds is 6. The summed E-state index contributed by atoms with van der Waals surface area (Å²) in [4.78, 5) is 15.7. The molecule has 0 aliphatic heterocycles. The summed E-state index contributed by atoms with van der Waals surface area (Å²) in [6.07, 6.45) is 5.07. The summed E-state index contributed by atoms with van der Waals surface area (Å²) < 4.78 is 1.91. The lowest BCUT2D eigenvalue weighted by Gasteiger charge is -2.04. The molecule has 1 N–H and O–H groups in total. The number of hydrogen-bond acceptors (Lipinski definition) is 3.